The Morgan fingerprint density at radius 1 is 1.14 bits per heavy atom. The average molecular weight is 498 g/mol. The van der Waals surface area contributed by atoms with Crippen LogP contribution in [0.25, 0.3) is 11.3 Å². The molecule has 0 aliphatic carbocycles. The van der Waals surface area contributed by atoms with E-state index in [2.05, 4.69) is 37.6 Å². The lowest BCUT2D eigenvalue weighted by Crippen LogP contribution is -2.39. The van der Waals surface area contributed by atoms with Crippen LogP contribution in [0.5, 0.6) is 5.75 Å². The second-order valence-electron chi connectivity index (χ2n) is 12.0. The highest BCUT2D eigenvalue weighted by atomic mass is 16.5. The van der Waals surface area contributed by atoms with E-state index >= 15 is 0 Å². The monoisotopic (exact) mass is 497 g/mol. The van der Waals surface area contributed by atoms with Gasteiger partial charge < -0.3 is 19.5 Å². The van der Waals surface area contributed by atoms with Crippen molar-refractivity contribution in [3.8, 4) is 17.0 Å². The minimum absolute atomic E-state index is 0.250. The van der Waals surface area contributed by atoms with Crippen molar-refractivity contribution >= 4 is 11.7 Å². The molecule has 0 saturated carbocycles. The summed E-state index contributed by atoms with van der Waals surface area (Å²) in [5, 5.41) is 10.2. The predicted molar refractivity (Wildman–Crippen MR) is 144 cm³/mol. The number of hydrogen-bond acceptors (Lipinski definition) is 6. The summed E-state index contributed by atoms with van der Waals surface area (Å²) >= 11 is 0. The fourth-order valence-electron chi connectivity index (χ4n) is 4.41. The molecule has 2 aromatic heterocycles. The molecule has 0 bridgehead atoms. The number of ether oxygens (including phenoxy) is 2. The Hall–Kier alpha value is -2.67. The Bertz CT molecular complexity index is 1030. The Balaban J connectivity index is 2.09. The van der Waals surface area contributed by atoms with Crippen LogP contribution in [0.15, 0.2) is 24.5 Å². The topological polar surface area (TPSA) is 84.8 Å². The van der Waals surface area contributed by atoms with Gasteiger partial charge in [0.1, 0.15) is 5.75 Å². The number of hydrogen-bond donors (Lipinski definition) is 1. The Labute approximate surface area is 216 Å². The molecule has 1 saturated heterocycles. The van der Waals surface area contributed by atoms with E-state index in [9.17, 15) is 9.90 Å². The summed E-state index contributed by atoms with van der Waals surface area (Å²) in [6, 6.07) is 3.85. The number of aliphatic carboxylic acids is 1. The summed E-state index contributed by atoms with van der Waals surface area (Å²) in [6.07, 6.45) is 5.42. The highest BCUT2D eigenvalue weighted by molar-refractivity contribution is 5.85. The van der Waals surface area contributed by atoms with Crippen molar-refractivity contribution in [1.82, 2.24) is 9.97 Å². The van der Waals surface area contributed by atoms with Gasteiger partial charge in [0.15, 0.2) is 6.10 Å². The minimum Gasteiger partial charge on any atom is -0.492 e. The SMILES string of the molecule is Cc1ncc(-c2ccc(OCCC(C)C)cn2)c(N2CCC(C)(C)CC2)c1[C@H](OC(C)(C)C)C(=O)O. The van der Waals surface area contributed by atoms with Crippen LogP contribution in [0.1, 0.15) is 85.1 Å². The zero-order chi connectivity index (χ0) is 26.7. The first-order valence-corrected chi connectivity index (χ1v) is 13.0. The van der Waals surface area contributed by atoms with Gasteiger partial charge in [-0.2, -0.15) is 0 Å². The molecule has 0 amide bonds. The van der Waals surface area contributed by atoms with Crippen molar-refractivity contribution in [2.24, 2.45) is 11.3 Å². The van der Waals surface area contributed by atoms with Crippen molar-refractivity contribution in [2.75, 3.05) is 24.6 Å². The molecule has 0 unspecified atom stereocenters. The summed E-state index contributed by atoms with van der Waals surface area (Å²) in [5.74, 6) is 0.275. The fraction of sp³-hybridized carbons (Fsp3) is 0.621. The highest BCUT2D eigenvalue weighted by Gasteiger charge is 2.36. The van der Waals surface area contributed by atoms with E-state index in [-0.39, 0.29) is 5.41 Å². The van der Waals surface area contributed by atoms with Gasteiger partial charge in [-0.25, -0.2) is 4.79 Å². The van der Waals surface area contributed by atoms with Gasteiger partial charge in [-0.1, -0.05) is 27.7 Å². The van der Waals surface area contributed by atoms with Crippen molar-refractivity contribution in [1.29, 1.82) is 0 Å². The van der Waals surface area contributed by atoms with Gasteiger partial charge in [0.25, 0.3) is 0 Å². The number of carboxylic acids is 1. The number of aromatic nitrogens is 2. The highest BCUT2D eigenvalue weighted by Crippen LogP contribution is 2.43. The summed E-state index contributed by atoms with van der Waals surface area (Å²) in [7, 11) is 0. The van der Waals surface area contributed by atoms with Crippen LogP contribution in [-0.2, 0) is 9.53 Å². The molecule has 1 N–H and O–H groups in total. The lowest BCUT2D eigenvalue weighted by atomic mass is 9.82. The van der Waals surface area contributed by atoms with Gasteiger partial charge in [-0.05, 0) is 70.4 Å². The second-order valence-corrected chi connectivity index (χ2v) is 12.0. The summed E-state index contributed by atoms with van der Waals surface area (Å²) in [6.45, 7) is 18.7. The molecule has 2 aromatic rings. The van der Waals surface area contributed by atoms with E-state index < -0.39 is 17.7 Å². The van der Waals surface area contributed by atoms with Gasteiger partial charge in [-0.3, -0.25) is 9.97 Å². The predicted octanol–water partition coefficient (Wildman–Crippen LogP) is 6.44. The van der Waals surface area contributed by atoms with Crippen LogP contribution in [0.3, 0.4) is 0 Å². The smallest absolute Gasteiger partial charge is 0.337 e. The maximum absolute atomic E-state index is 12.5. The van der Waals surface area contributed by atoms with Crippen LogP contribution in [0.4, 0.5) is 5.69 Å². The van der Waals surface area contributed by atoms with Crippen molar-refractivity contribution in [2.45, 2.75) is 86.4 Å². The lowest BCUT2D eigenvalue weighted by molar-refractivity contribution is -0.160. The maximum atomic E-state index is 12.5. The third kappa shape index (κ3) is 7.19. The van der Waals surface area contributed by atoms with E-state index in [0.29, 0.717) is 23.8 Å². The minimum atomic E-state index is -1.14. The number of carbonyl (C=O) groups is 1. The van der Waals surface area contributed by atoms with Gasteiger partial charge in [0, 0.05) is 36.1 Å². The van der Waals surface area contributed by atoms with E-state index in [4.69, 9.17) is 14.5 Å². The quantitative estimate of drug-likeness (QED) is 0.426. The number of rotatable bonds is 9. The van der Waals surface area contributed by atoms with Crippen molar-refractivity contribution < 1.29 is 19.4 Å². The first-order valence-electron chi connectivity index (χ1n) is 13.0. The molecule has 1 fully saturated rings. The molecule has 0 aromatic carbocycles. The molecule has 1 atom stereocenters. The number of anilines is 1. The molecule has 3 heterocycles. The average Bonchev–Trinajstić information content (AvgIpc) is 2.77. The fourth-order valence-corrected chi connectivity index (χ4v) is 4.41. The third-order valence-electron chi connectivity index (χ3n) is 6.65. The standard InChI is InChI=1S/C29H43N3O4/c1-19(2)11-16-35-21-9-10-23(31-17-21)22-18-30-20(3)24(26(27(33)34)36-28(4,5)6)25(22)32-14-12-29(7,8)13-15-32/h9-10,17-19,26H,11-16H2,1-8H3,(H,33,34)/t26-/m0/s1. The summed E-state index contributed by atoms with van der Waals surface area (Å²) in [5.41, 5.74) is 3.28. The molecule has 1 aliphatic rings. The molecular weight excluding hydrogens is 454 g/mol. The number of pyridine rings is 2. The zero-order valence-corrected chi connectivity index (χ0v) is 23.2. The summed E-state index contributed by atoms with van der Waals surface area (Å²) in [4.78, 5) is 24.1. The molecule has 1 aliphatic heterocycles. The molecule has 3 rings (SSSR count). The number of aryl methyl sites for hydroxylation is 1. The number of nitrogens with zero attached hydrogens (tertiary/aromatic N) is 3. The van der Waals surface area contributed by atoms with Crippen LogP contribution in [0, 0.1) is 18.3 Å². The molecule has 7 heteroatoms. The molecule has 7 nitrogen and oxygen atoms in total. The molecule has 0 radical (unpaired) electrons. The van der Waals surface area contributed by atoms with Crippen molar-refractivity contribution in [3.63, 3.8) is 0 Å². The largest absolute Gasteiger partial charge is 0.492 e. The normalized spacial score (nSPS) is 16.8. The first-order chi connectivity index (χ1) is 16.8. The Kier molecular flexibility index (Phi) is 8.65. The second kappa shape index (κ2) is 11.2. The number of piperidine rings is 1. The molecular formula is C29H43N3O4. The molecule has 0 spiro atoms. The number of carboxylic acid groups (broad SMARTS) is 1. The zero-order valence-electron chi connectivity index (χ0n) is 23.2. The van der Waals surface area contributed by atoms with Gasteiger partial charge in [0.2, 0.25) is 0 Å². The Morgan fingerprint density at radius 2 is 1.81 bits per heavy atom. The first kappa shape index (κ1) is 27.9. The van der Waals surface area contributed by atoms with Crippen LogP contribution in [0.2, 0.25) is 0 Å². The van der Waals surface area contributed by atoms with Crippen LogP contribution in [-0.4, -0.2) is 46.3 Å². The molecule has 198 valence electrons. The Morgan fingerprint density at radius 3 is 2.33 bits per heavy atom. The van der Waals surface area contributed by atoms with E-state index in [1.807, 2.05) is 46.0 Å². The van der Waals surface area contributed by atoms with E-state index in [1.54, 1.807) is 6.20 Å². The lowest BCUT2D eigenvalue weighted by Gasteiger charge is -2.40. The van der Waals surface area contributed by atoms with Gasteiger partial charge in [-0.15, -0.1) is 0 Å². The van der Waals surface area contributed by atoms with E-state index in [0.717, 1.165) is 55.0 Å². The van der Waals surface area contributed by atoms with Crippen molar-refractivity contribution in [3.05, 3.63) is 35.8 Å². The summed E-state index contributed by atoms with van der Waals surface area (Å²) < 4.78 is 12.0. The maximum Gasteiger partial charge on any atom is 0.337 e. The van der Waals surface area contributed by atoms with Crippen LogP contribution >= 0.6 is 0 Å². The van der Waals surface area contributed by atoms with Gasteiger partial charge >= 0.3 is 5.97 Å². The van der Waals surface area contributed by atoms with E-state index in [1.165, 1.54) is 0 Å². The molecule has 36 heavy (non-hydrogen) atoms. The van der Waals surface area contributed by atoms with Gasteiger partial charge in [0.05, 0.1) is 29.8 Å². The van der Waals surface area contributed by atoms with Crippen LogP contribution < -0.4 is 9.64 Å². The third-order valence-corrected chi connectivity index (χ3v) is 6.65.